The van der Waals surface area contributed by atoms with Crippen LogP contribution in [0.25, 0.3) is 0 Å². The van der Waals surface area contributed by atoms with Crippen molar-refractivity contribution in [3.63, 3.8) is 0 Å². The van der Waals surface area contributed by atoms with Crippen LogP contribution < -0.4 is 10.6 Å². The Morgan fingerprint density at radius 2 is 2.16 bits per heavy atom. The number of hydrogen-bond acceptors (Lipinski definition) is 5. The summed E-state index contributed by atoms with van der Waals surface area (Å²) in [6.07, 6.45) is 4.26. The number of piperidine rings is 1. The van der Waals surface area contributed by atoms with Crippen molar-refractivity contribution in [3.05, 3.63) is 18.2 Å². The van der Waals surface area contributed by atoms with Gasteiger partial charge in [-0.3, -0.25) is 0 Å². The second kappa shape index (κ2) is 5.38. The summed E-state index contributed by atoms with van der Waals surface area (Å²) in [5, 5.41) is 9.42. The van der Waals surface area contributed by atoms with Crippen LogP contribution in [0.15, 0.2) is 23.1 Å². The van der Waals surface area contributed by atoms with E-state index in [2.05, 4.69) is 4.90 Å². The van der Waals surface area contributed by atoms with Gasteiger partial charge in [-0.25, -0.2) is 8.42 Å². The Bertz CT molecular complexity index is 557. The van der Waals surface area contributed by atoms with E-state index >= 15 is 0 Å². The monoisotopic (exact) mass is 284 g/mol. The highest BCUT2D eigenvalue weighted by molar-refractivity contribution is 7.90. The Kier molecular flexibility index (Phi) is 4.01. The molecule has 0 amide bonds. The highest BCUT2D eigenvalue weighted by atomic mass is 32.2. The van der Waals surface area contributed by atoms with Gasteiger partial charge in [0, 0.05) is 12.8 Å². The van der Waals surface area contributed by atoms with Gasteiger partial charge in [0.05, 0.1) is 28.9 Å². The number of rotatable bonds is 3. The lowest BCUT2D eigenvalue weighted by Crippen LogP contribution is -2.42. The van der Waals surface area contributed by atoms with E-state index in [0.29, 0.717) is 5.69 Å². The fourth-order valence-electron chi connectivity index (χ4n) is 2.53. The predicted molar refractivity (Wildman–Crippen MR) is 76.0 cm³/mol. The SMILES string of the molecule is CS(=O)(=O)c1ccc(N2CCCCC2CO)c(N)c1. The molecule has 106 valence electrons. The second-order valence-corrected chi connectivity index (χ2v) is 7.03. The number of nitrogens with two attached hydrogens (primary N) is 1. The molecule has 3 N–H and O–H groups in total. The topological polar surface area (TPSA) is 83.6 Å². The molecule has 0 bridgehead atoms. The lowest BCUT2D eigenvalue weighted by atomic mass is 10.0. The minimum atomic E-state index is -3.24. The van der Waals surface area contributed by atoms with Crippen LogP contribution >= 0.6 is 0 Å². The first kappa shape index (κ1) is 14.1. The number of hydrogen-bond donors (Lipinski definition) is 2. The Hall–Kier alpha value is -1.27. The number of benzene rings is 1. The van der Waals surface area contributed by atoms with Crippen LogP contribution in [0.2, 0.25) is 0 Å². The number of nitrogens with zero attached hydrogens (tertiary/aromatic N) is 1. The standard InChI is InChI=1S/C13H20N2O3S/c1-19(17,18)11-5-6-13(12(14)8-11)15-7-3-2-4-10(15)9-16/h5-6,8,10,16H,2-4,7,9,14H2,1H3. The molecule has 1 saturated heterocycles. The molecule has 0 radical (unpaired) electrons. The van der Waals surface area contributed by atoms with Crippen LogP contribution in [0.4, 0.5) is 11.4 Å². The molecule has 1 aromatic rings. The molecule has 6 heteroatoms. The summed E-state index contributed by atoms with van der Waals surface area (Å²) in [7, 11) is -3.24. The van der Waals surface area contributed by atoms with Crippen LogP contribution in [0.5, 0.6) is 0 Å². The Morgan fingerprint density at radius 3 is 2.74 bits per heavy atom. The van der Waals surface area contributed by atoms with E-state index in [4.69, 9.17) is 5.73 Å². The summed E-state index contributed by atoms with van der Waals surface area (Å²) in [5.74, 6) is 0. The van der Waals surface area contributed by atoms with E-state index in [1.807, 2.05) is 0 Å². The molecular formula is C13H20N2O3S. The highest BCUT2D eigenvalue weighted by Gasteiger charge is 2.23. The van der Waals surface area contributed by atoms with Crippen LogP contribution in [0, 0.1) is 0 Å². The van der Waals surface area contributed by atoms with Gasteiger partial charge in [-0.05, 0) is 37.5 Å². The molecule has 1 aliphatic heterocycles. The maximum atomic E-state index is 11.5. The number of anilines is 2. The molecule has 1 fully saturated rings. The maximum Gasteiger partial charge on any atom is 0.175 e. The van der Waals surface area contributed by atoms with Gasteiger partial charge in [0.2, 0.25) is 0 Å². The average Bonchev–Trinajstić information content (AvgIpc) is 2.37. The van der Waals surface area contributed by atoms with Crippen molar-refractivity contribution in [2.45, 2.75) is 30.2 Å². The van der Waals surface area contributed by atoms with Crippen LogP contribution in [-0.4, -0.2) is 39.0 Å². The number of nitrogen functional groups attached to an aromatic ring is 1. The van der Waals surface area contributed by atoms with E-state index in [1.165, 1.54) is 12.3 Å². The molecule has 0 spiro atoms. The molecule has 5 nitrogen and oxygen atoms in total. The van der Waals surface area contributed by atoms with Gasteiger partial charge in [0.25, 0.3) is 0 Å². The van der Waals surface area contributed by atoms with Crippen LogP contribution in [0.3, 0.4) is 0 Å². The third kappa shape index (κ3) is 3.01. The molecule has 0 aliphatic carbocycles. The van der Waals surface area contributed by atoms with Gasteiger partial charge in [-0.1, -0.05) is 0 Å². The van der Waals surface area contributed by atoms with Crippen LogP contribution in [-0.2, 0) is 9.84 Å². The quantitative estimate of drug-likeness (QED) is 0.810. The van der Waals surface area contributed by atoms with E-state index in [1.54, 1.807) is 12.1 Å². The Balaban J connectivity index is 2.35. The zero-order valence-corrected chi connectivity index (χ0v) is 11.9. The summed E-state index contributed by atoms with van der Waals surface area (Å²) >= 11 is 0. The first-order valence-corrected chi connectivity index (χ1v) is 8.29. The Labute approximate surface area is 113 Å². The summed E-state index contributed by atoms with van der Waals surface area (Å²) in [5.41, 5.74) is 7.24. The lowest BCUT2D eigenvalue weighted by Gasteiger charge is -2.37. The normalized spacial score (nSPS) is 20.5. The van der Waals surface area contributed by atoms with Crippen molar-refractivity contribution in [3.8, 4) is 0 Å². The van der Waals surface area contributed by atoms with Gasteiger partial charge in [0.1, 0.15) is 0 Å². The molecular weight excluding hydrogens is 264 g/mol. The summed E-state index contributed by atoms with van der Waals surface area (Å²) in [4.78, 5) is 2.30. The highest BCUT2D eigenvalue weighted by Crippen LogP contribution is 2.31. The number of aliphatic hydroxyl groups is 1. The first-order valence-electron chi connectivity index (χ1n) is 6.40. The average molecular weight is 284 g/mol. The molecule has 1 heterocycles. The van der Waals surface area contributed by atoms with E-state index in [0.717, 1.165) is 31.5 Å². The van der Waals surface area contributed by atoms with Gasteiger partial charge >= 0.3 is 0 Å². The zero-order chi connectivity index (χ0) is 14.0. The van der Waals surface area contributed by atoms with Gasteiger partial charge in [-0.2, -0.15) is 0 Å². The smallest absolute Gasteiger partial charge is 0.175 e. The van der Waals surface area contributed by atoms with Crippen molar-refractivity contribution >= 4 is 21.2 Å². The lowest BCUT2D eigenvalue weighted by molar-refractivity contribution is 0.240. The maximum absolute atomic E-state index is 11.5. The van der Waals surface area contributed by atoms with Gasteiger partial charge in [0.15, 0.2) is 9.84 Å². The van der Waals surface area contributed by atoms with Crippen molar-refractivity contribution in [2.24, 2.45) is 0 Å². The molecule has 0 saturated carbocycles. The fraction of sp³-hybridized carbons (Fsp3) is 0.538. The predicted octanol–water partition coefficient (Wildman–Crippen LogP) is 1.02. The van der Waals surface area contributed by atoms with Crippen molar-refractivity contribution in [1.82, 2.24) is 0 Å². The Morgan fingerprint density at radius 1 is 1.42 bits per heavy atom. The summed E-state index contributed by atoms with van der Waals surface area (Å²) < 4.78 is 23.0. The zero-order valence-electron chi connectivity index (χ0n) is 11.0. The molecule has 19 heavy (non-hydrogen) atoms. The van der Waals surface area contributed by atoms with Gasteiger partial charge in [-0.15, -0.1) is 0 Å². The molecule has 1 unspecified atom stereocenters. The fourth-order valence-corrected chi connectivity index (χ4v) is 3.19. The van der Waals surface area contributed by atoms with Crippen molar-refractivity contribution < 1.29 is 13.5 Å². The van der Waals surface area contributed by atoms with E-state index in [9.17, 15) is 13.5 Å². The van der Waals surface area contributed by atoms with E-state index < -0.39 is 9.84 Å². The molecule has 1 atom stereocenters. The van der Waals surface area contributed by atoms with Crippen LogP contribution in [0.1, 0.15) is 19.3 Å². The van der Waals surface area contributed by atoms with E-state index in [-0.39, 0.29) is 17.5 Å². The molecule has 2 rings (SSSR count). The van der Waals surface area contributed by atoms with Gasteiger partial charge < -0.3 is 15.7 Å². The largest absolute Gasteiger partial charge is 0.397 e. The number of aliphatic hydroxyl groups excluding tert-OH is 1. The third-order valence-corrected chi connectivity index (χ3v) is 4.68. The molecule has 0 aromatic heterocycles. The molecule has 1 aliphatic rings. The summed E-state index contributed by atoms with van der Waals surface area (Å²) in [6.45, 7) is 0.931. The third-order valence-electron chi connectivity index (χ3n) is 3.57. The summed E-state index contributed by atoms with van der Waals surface area (Å²) in [6, 6.07) is 4.87. The minimum Gasteiger partial charge on any atom is -0.397 e. The second-order valence-electron chi connectivity index (χ2n) is 5.02. The number of sulfone groups is 1. The van der Waals surface area contributed by atoms with Crippen molar-refractivity contribution in [2.75, 3.05) is 30.0 Å². The minimum absolute atomic E-state index is 0.0696. The first-order chi connectivity index (χ1) is 8.93. The molecule has 1 aromatic carbocycles. The van der Waals surface area contributed by atoms with Crippen molar-refractivity contribution in [1.29, 1.82) is 0 Å².